The molecule has 1 aromatic heterocycles. The zero-order chi connectivity index (χ0) is 14.1. The predicted molar refractivity (Wildman–Crippen MR) is 76.6 cm³/mol. The lowest BCUT2D eigenvalue weighted by molar-refractivity contribution is 0.0602. The van der Waals surface area contributed by atoms with Gasteiger partial charge in [0, 0.05) is 41.9 Å². The van der Waals surface area contributed by atoms with Crippen molar-refractivity contribution in [2.45, 2.75) is 13.0 Å². The first-order chi connectivity index (χ1) is 9.69. The third kappa shape index (κ3) is 2.25. The van der Waals surface area contributed by atoms with Crippen LogP contribution in [0, 0.1) is 5.92 Å². The lowest BCUT2D eigenvalue weighted by atomic mass is 10.1. The lowest BCUT2D eigenvalue weighted by Gasteiger charge is -2.11. The van der Waals surface area contributed by atoms with Crippen molar-refractivity contribution in [2.24, 2.45) is 5.92 Å². The van der Waals surface area contributed by atoms with Gasteiger partial charge in [-0.25, -0.2) is 4.79 Å². The highest BCUT2D eigenvalue weighted by Gasteiger charge is 2.18. The summed E-state index contributed by atoms with van der Waals surface area (Å²) in [6, 6.07) is 5.65. The normalized spacial score (nSPS) is 18.6. The molecule has 0 bridgehead atoms. The quantitative estimate of drug-likeness (QED) is 0.687. The van der Waals surface area contributed by atoms with Crippen LogP contribution in [0.4, 0.5) is 5.69 Å². The van der Waals surface area contributed by atoms with E-state index >= 15 is 0 Å². The van der Waals surface area contributed by atoms with Gasteiger partial charge in [-0.3, -0.25) is 0 Å². The first-order valence-electron chi connectivity index (χ1n) is 6.73. The van der Waals surface area contributed by atoms with Gasteiger partial charge in [0.15, 0.2) is 0 Å². The number of aromatic nitrogens is 1. The smallest absolute Gasteiger partial charge is 0.340 e. The number of esters is 1. The fourth-order valence-electron chi connectivity index (χ4n) is 2.71. The van der Waals surface area contributed by atoms with E-state index in [0.717, 1.165) is 37.1 Å². The van der Waals surface area contributed by atoms with E-state index in [2.05, 4.69) is 4.57 Å². The summed E-state index contributed by atoms with van der Waals surface area (Å²) in [5.41, 5.74) is 7.78. The van der Waals surface area contributed by atoms with Crippen molar-refractivity contribution in [2.75, 3.05) is 26.1 Å². The monoisotopic (exact) mass is 274 g/mol. The summed E-state index contributed by atoms with van der Waals surface area (Å²) in [4.78, 5) is 11.7. The first-order valence-corrected chi connectivity index (χ1v) is 6.73. The lowest BCUT2D eigenvalue weighted by Crippen LogP contribution is -2.10. The summed E-state index contributed by atoms with van der Waals surface area (Å²) in [5, 5.41) is 1.04. The molecule has 5 heteroatoms. The summed E-state index contributed by atoms with van der Waals surface area (Å²) in [5.74, 6) is 0.131. The Morgan fingerprint density at radius 3 is 3.10 bits per heavy atom. The Balaban J connectivity index is 1.99. The van der Waals surface area contributed by atoms with Gasteiger partial charge in [0.05, 0.1) is 19.3 Å². The zero-order valence-corrected chi connectivity index (χ0v) is 11.5. The number of carbonyl (C=O) groups excluding carboxylic acids is 1. The van der Waals surface area contributed by atoms with Gasteiger partial charge in [-0.1, -0.05) is 0 Å². The largest absolute Gasteiger partial charge is 0.465 e. The molecule has 0 saturated carbocycles. The predicted octanol–water partition coefficient (Wildman–Crippen LogP) is 2.05. The van der Waals surface area contributed by atoms with Crippen LogP contribution >= 0.6 is 0 Å². The third-order valence-electron chi connectivity index (χ3n) is 3.83. The molecule has 0 amide bonds. The maximum atomic E-state index is 11.7. The minimum Gasteiger partial charge on any atom is -0.465 e. The number of ether oxygens (including phenoxy) is 2. The van der Waals surface area contributed by atoms with E-state index in [1.165, 1.54) is 7.11 Å². The highest BCUT2D eigenvalue weighted by Crippen LogP contribution is 2.25. The molecule has 2 N–H and O–H groups in total. The second-order valence-corrected chi connectivity index (χ2v) is 5.19. The number of methoxy groups -OCH3 is 1. The van der Waals surface area contributed by atoms with Crippen molar-refractivity contribution in [1.82, 2.24) is 4.57 Å². The van der Waals surface area contributed by atoms with Crippen molar-refractivity contribution in [3.8, 4) is 0 Å². The van der Waals surface area contributed by atoms with E-state index in [9.17, 15) is 4.79 Å². The van der Waals surface area contributed by atoms with Crippen LogP contribution < -0.4 is 5.73 Å². The molecule has 1 aliphatic rings. The summed E-state index contributed by atoms with van der Waals surface area (Å²) in [6.07, 6.45) is 3.11. The number of rotatable bonds is 3. The number of hydrogen-bond acceptors (Lipinski definition) is 4. The van der Waals surface area contributed by atoms with Crippen LogP contribution in [0.3, 0.4) is 0 Å². The van der Waals surface area contributed by atoms with E-state index in [1.807, 2.05) is 24.4 Å². The van der Waals surface area contributed by atoms with Crippen LogP contribution in [0.15, 0.2) is 24.4 Å². The number of nitrogens with zero attached hydrogens (tertiary/aromatic N) is 1. The van der Waals surface area contributed by atoms with Gasteiger partial charge < -0.3 is 19.8 Å². The van der Waals surface area contributed by atoms with E-state index in [-0.39, 0.29) is 0 Å². The van der Waals surface area contributed by atoms with Crippen LogP contribution in [-0.2, 0) is 16.0 Å². The molecule has 2 heterocycles. The molecular formula is C15H18N2O3. The molecule has 1 atom stereocenters. The van der Waals surface area contributed by atoms with Crippen molar-refractivity contribution < 1.29 is 14.3 Å². The summed E-state index contributed by atoms with van der Waals surface area (Å²) < 4.78 is 12.3. The molecule has 0 radical (unpaired) electrons. The van der Waals surface area contributed by atoms with Crippen molar-refractivity contribution in [1.29, 1.82) is 0 Å². The Labute approximate surface area is 117 Å². The fourth-order valence-corrected chi connectivity index (χ4v) is 2.71. The Bertz CT molecular complexity index is 642. The highest BCUT2D eigenvalue weighted by atomic mass is 16.5. The van der Waals surface area contributed by atoms with E-state index < -0.39 is 5.97 Å². The molecule has 106 valence electrons. The van der Waals surface area contributed by atoms with Crippen molar-refractivity contribution in [3.63, 3.8) is 0 Å². The second-order valence-electron chi connectivity index (χ2n) is 5.19. The molecule has 1 unspecified atom stereocenters. The van der Waals surface area contributed by atoms with Crippen LogP contribution in [0.25, 0.3) is 10.9 Å². The van der Waals surface area contributed by atoms with E-state index in [1.54, 1.807) is 0 Å². The van der Waals surface area contributed by atoms with E-state index in [0.29, 0.717) is 17.2 Å². The minimum atomic E-state index is -0.402. The SMILES string of the molecule is COC(=O)c1cc2c(ccn2CC2CCOC2)cc1N. The van der Waals surface area contributed by atoms with Crippen molar-refractivity contribution in [3.05, 3.63) is 30.0 Å². The number of anilines is 1. The van der Waals surface area contributed by atoms with Crippen LogP contribution in [0.2, 0.25) is 0 Å². The maximum absolute atomic E-state index is 11.7. The van der Waals surface area contributed by atoms with Gasteiger partial charge in [-0.15, -0.1) is 0 Å². The molecule has 0 spiro atoms. The minimum absolute atomic E-state index is 0.402. The summed E-state index contributed by atoms with van der Waals surface area (Å²) in [7, 11) is 1.36. The van der Waals surface area contributed by atoms with Crippen LogP contribution in [0.1, 0.15) is 16.8 Å². The fraction of sp³-hybridized carbons (Fsp3) is 0.400. The Kier molecular flexibility index (Phi) is 3.36. The molecule has 1 fully saturated rings. The molecule has 5 nitrogen and oxygen atoms in total. The van der Waals surface area contributed by atoms with Gasteiger partial charge in [-0.05, 0) is 24.6 Å². The Morgan fingerprint density at radius 2 is 2.40 bits per heavy atom. The van der Waals surface area contributed by atoms with E-state index in [4.69, 9.17) is 15.2 Å². The average Bonchev–Trinajstić information content (AvgIpc) is 3.08. The molecule has 2 aromatic rings. The number of nitrogens with two attached hydrogens (primary N) is 1. The van der Waals surface area contributed by atoms with Gasteiger partial charge >= 0.3 is 5.97 Å². The number of fused-ring (bicyclic) bond motifs is 1. The topological polar surface area (TPSA) is 66.5 Å². The molecule has 3 rings (SSSR count). The molecule has 0 aliphatic carbocycles. The van der Waals surface area contributed by atoms with Gasteiger partial charge in [-0.2, -0.15) is 0 Å². The molecule has 1 aromatic carbocycles. The second kappa shape index (κ2) is 5.17. The van der Waals surface area contributed by atoms with Crippen LogP contribution in [-0.4, -0.2) is 30.9 Å². The third-order valence-corrected chi connectivity index (χ3v) is 3.83. The molecule has 20 heavy (non-hydrogen) atoms. The number of carbonyl (C=O) groups is 1. The summed E-state index contributed by atoms with van der Waals surface area (Å²) in [6.45, 7) is 2.54. The first kappa shape index (κ1) is 13.0. The number of hydrogen-bond donors (Lipinski definition) is 1. The Hall–Kier alpha value is -2.01. The van der Waals surface area contributed by atoms with Gasteiger partial charge in [0.1, 0.15) is 0 Å². The van der Waals surface area contributed by atoms with Crippen LogP contribution in [0.5, 0.6) is 0 Å². The molecule has 1 saturated heterocycles. The molecule has 1 aliphatic heterocycles. The highest BCUT2D eigenvalue weighted by molar-refractivity contribution is 6.00. The molecular weight excluding hydrogens is 256 g/mol. The van der Waals surface area contributed by atoms with Gasteiger partial charge in [0.25, 0.3) is 0 Å². The standard InChI is InChI=1S/C15H18N2O3/c1-19-15(18)12-7-14-11(6-13(12)16)2-4-17(14)8-10-3-5-20-9-10/h2,4,6-7,10H,3,5,8-9,16H2,1H3. The van der Waals surface area contributed by atoms with Gasteiger partial charge in [0.2, 0.25) is 0 Å². The number of nitrogen functional groups attached to an aromatic ring is 1. The number of benzene rings is 1. The summed E-state index contributed by atoms with van der Waals surface area (Å²) >= 11 is 0. The van der Waals surface area contributed by atoms with Crippen molar-refractivity contribution >= 4 is 22.6 Å². The maximum Gasteiger partial charge on any atom is 0.340 e. The average molecular weight is 274 g/mol. The Morgan fingerprint density at radius 1 is 1.55 bits per heavy atom. The zero-order valence-electron chi connectivity index (χ0n) is 11.5.